The summed E-state index contributed by atoms with van der Waals surface area (Å²) >= 11 is 5.86. The molecule has 10 heterocycles. The first-order chi connectivity index (χ1) is 45.6. The number of aromatic nitrogens is 21. The van der Waals surface area contributed by atoms with Gasteiger partial charge in [0.15, 0.2) is 0 Å². The van der Waals surface area contributed by atoms with Crippen molar-refractivity contribution in [3.8, 4) is 52.4 Å². The van der Waals surface area contributed by atoms with E-state index >= 15 is 0 Å². The standard InChI is InChI=1S/C26H31N9.C21H21ClN8.C21H22N8O/c1-26(2,3)18-34-22(13-21-15-28-23(14-27)29-25(21)34)17-35-31-24(30-32-35)20-9-7-19(8-10-20)16-33-11-5-4-6-12-33;1-21(2,3)13-29-17(8-16-11-24-18(10-23)25-20(16)29)12-30-27-19(26-28-30)15-6-4-14(9-22)5-7-15;1-21(2,3)13-28-17(8-16-10-23-18(9-22)24-20(16)28)11-29-26-19(25-27-29)15-6-4-14(12-30)5-7-15/h7-10,13,15H,4-6,11-12,16-18H2,1-3H3;4-8,11H,9,12-13H2,1-3H3;4-8,10,30H,11-13H2,1-3H3. The van der Waals surface area contributed by atoms with Gasteiger partial charge in [-0.25, -0.2) is 29.9 Å². The molecule has 0 amide bonds. The molecule has 0 spiro atoms. The van der Waals surface area contributed by atoms with Crippen LogP contribution in [0.2, 0.25) is 0 Å². The van der Waals surface area contributed by atoms with Crippen molar-refractivity contribution in [2.24, 2.45) is 16.2 Å². The van der Waals surface area contributed by atoms with Crippen molar-refractivity contribution in [2.75, 3.05) is 13.1 Å². The topological polar surface area (TPSA) is 318 Å². The van der Waals surface area contributed by atoms with Gasteiger partial charge in [0.1, 0.15) is 54.8 Å². The first kappa shape index (κ1) is 65.9. The molecule has 1 fully saturated rings. The van der Waals surface area contributed by atoms with Crippen LogP contribution >= 0.6 is 11.6 Å². The minimum atomic E-state index is -0.00483. The molecule has 0 radical (unpaired) electrons. The summed E-state index contributed by atoms with van der Waals surface area (Å²) in [5.41, 5.74) is 11.1. The van der Waals surface area contributed by atoms with Crippen LogP contribution in [0.25, 0.3) is 67.3 Å². The van der Waals surface area contributed by atoms with Gasteiger partial charge in [-0.1, -0.05) is 142 Å². The molecule has 0 aliphatic carbocycles. The normalized spacial score (nSPS) is 12.9. The van der Waals surface area contributed by atoms with E-state index in [1.165, 1.54) is 37.9 Å². The number of benzene rings is 3. The van der Waals surface area contributed by atoms with Gasteiger partial charge >= 0.3 is 0 Å². The number of likely N-dealkylation sites (tertiary alicyclic amines) is 1. The second-order valence-electron chi connectivity index (χ2n) is 27.3. The Morgan fingerprint density at radius 1 is 0.442 bits per heavy atom. The van der Waals surface area contributed by atoms with Crippen molar-refractivity contribution < 1.29 is 5.11 Å². The van der Waals surface area contributed by atoms with Crippen LogP contribution in [0.1, 0.15) is 133 Å². The molecule has 3 aromatic carbocycles. The first-order valence-corrected chi connectivity index (χ1v) is 31.9. The van der Waals surface area contributed by atoms with Crippen LogP contribution in [0.5, 0.6) is 0 Å². The monoisotopic (exact) mass is 1290 g/mol. The Hall–Kier alpha value is -10.6. The van der Waals surface area contributed by atoms with Gasteiger partial charge in [0.05, 0.1) is 6.61 Å². The Bertz CT molecular complexity index is 4560. The lowest BCUT2D eigenvalue weighted by atomic mass is 9.97. The van der Waals surface area contributed by atoms with Crippen LogP contribution in [-0.4, -0.2) is 127 Å². The molecule has 26 nitrogen and oxygen atoms in total. The van der Waals surface area contributed by atoms with E-state index in [2.05, 4.69) is 181 Å². The molecule has 0 unspecified atom stereocenters. The van der Waals surface area contributed by atoms with Crippen molar-refractivity contribution in [2.45, 2.75) is 140 Å². The molecule has 13 rings (SSSR count). The minimum absolute atomic E-state index is 0.00483. The summed E-state index contributed by atoms with van der Waals surface area (Å²) in [6.07, 6.45) is 9.00. The van der Waals surface area contributed by atoms with E-state index in [9.17, 15) is 20.9 Å². The predicted octanol–water partition coefficient (Wildman–Crippen LogP) is 10.4. The highest BCUT2D eigenvalue weighted by atomic mass is 35.5. The number of halogens is 1. The Labute approximate surface area is 554 Å². The van der Waals surface area contributed by atoms with Gasteiger partial charge in [-0.15, -0.1) is 42.2 Å². The molecule has 12 aromatic rings. The summed E-state index contributed by atoms with van der Waals surface area (Å²) in [6, 6.07) is 35.8. The lowest BCUT2D eigenvalue weighted by Crippen LogP contribution is -2.28. The van der Waals surface area contributed by atoms with E-state index in [-0.39, 0.29) is 40.3 Å². The highest BCUT2D eigenvalue weighted by Crippen LogP contribution is 2.29. The fraction of sp³-hybridized carbons (Fsp3) is 0.382. The van der Waals surface area contributed by atoms with E-state index < -0.39 is 0 Å². The van der Waals surface area contributed by atoms with E-state index in [1.807, 2.05) is 84.9 Å². The molecule has 95 heavy (non-hydrogen) atoms. The van der Waals surface area contributed by atoms with Gasteiger partial charge < -0.3 is 18.8 Å². The number of hydrogen-bond donors (Lipinski definition) is 1. The Morgan fingerprint density at radius 3 is 1.07 bits per heavy atom. The number of tetrazole rings is 3. The van der Waals surface area contributed by atoms with Crippen LogP contribution in [0.4, 0.5) is 0 Å². The molecule has 0 saturated carbocycles. The van der Waals surface area contributed by atoms with Gasteiger partial charge in [-0.05, 0) is 92.7 Å². The molecule has 0 bridgehead atoms. The maximum atomic E-state index is 9.25. The second-order valence-corrected chi connectivity index (χ2v) is 27.5. The third-order valence-electron chi connectivity index (χ3n) is 15.5. The predicted molar refractivity (Wildman–Crippen MR) is 357 cm³/mol. The Kier molecular flexibility index (Phi) is 19.6. The quantitative estimate of drug-likeness (QED) is 0.0879. The number of piperidine rings is 1. The second kappa shape index (κ2) is 28.3. The maximum Gasteiger partial charge on any atom is 0.234 e. The van der Waals surface area contributed by atoms with E-state index in [1.54, 1.807) is 33.0 Å². The maximum absolute atomic E-state index is 9.25. The largest absolute Gasteiger partial charge is 0.392 e. The highest BCUT2D eigenvalue weighted by molar-refractivity contribution is 6.17. The number of rotatable bonds is 16. The third-order valence-corrected chi connectivity index (χ3v) is 15.8. The molecular formula is C68H74ClN25O. The highest BCUT2D eigenvalue weighted by Gasteiger charge is 2.24. The van der Waals surface area contributed by atoms with Crippen molar-refractivity contribution in [3.63, 3.8) is 0 Å². The van der Waals surface area contributed by atoms with Crippen molar-refractivity contribution in [3.05, 3.63) is 161 Å². The van der Waals surface area contributed by atoms with E-state index in [0.717, 1.165) is 104 Å². The first-order valence-electron chi connectivity index (χ1n) is 31.4. The molecule has 9 aromatic heterocycles. The Morgan fingerprint density at radius 2 is 0.768 bits per heavy atom. The molecule has 1 aliphatic heterocycles. The summed E-state index contributed by atoms with van der Waals surface area (Å²) in [6.45, 7) is 26.3. The smallest absolute Gasteiger partial charge is 0.234 e. The molecule has 0 atom stereocenters. The van der Waals surface area contributed by atoms with E-state index in [0.29, 0.717) is 43.0 Å². The molecule has 1 N–H and O–H groups in total. The number of nitrogens with zero attached hydrogens (tertiary/aromatic N) is 25. The Balaban J connectivity index is 0.000000146. The van der Waals surface area contributed by atoms with Crippen LogP contribution in [0.3, 0.4) is 0 Å². The van der Waals surface area contributed by atoms with Gasteiger partial charge in [-0.3, -0.25) is 4.90 Å². The zero-order valence-corrected chi connectivity index (χ0v) is 55.6. The van der Waals surface area contributed by atoms with E-state index in [4.69, 9.17) is 11.6 Å². The summed E-state index contributed by atoms with van der Waals surface area (Å²) in [5.74, 6) is 2.63. The molecule has 1 aliphatic rings. The fourth-order valence-electron chi connectivity index (χ4n) is 11.1. The fourth-order valence-corrected chi connectivity index (χ4v) is 11.3. The molecule has 27 heteroatoms. The average molecular weight is 1290 g/mol. The summed E-state index contributed by atoms with van der Waals surface area (Å²) in [4.78, 5) is 32.9. The molecular weight excluding hydrogens is 1220 g/mol. The van der Waals surface area contributed by atoms with Gasteiger partial charge in [0.25, 0.3) is 0 Å². The van der Waals surface area contributed by atoms with Crippen LogP contribution in [-0.2, 0) is 58.3 Å². The lowest BCUT2D eigenvalue weighted by Gasteiger charge is -2.26. The van der Waals surface area contributed by atoms with Crippen molar-refractivity contribution in [1.82, 2.24) is 109 Å². The number of nitriles is 3. The number of fused-ring (bicyclic) bond motifs is 3. The van der Waals surface area contributed by atoms with Crippen molar-refractivity contribution >= 4 is 44.7 Å². The van der Waals surface area contributed by atoms with Gasteiger partial charge in [0.2, 0.25) is 34.9 Å². The number of hydrogen-bond acceptors (Lipinski definition) is 20. The number of alkyl halides is 1. The van der Waals surface area contributed by atoms with Crippen molar-refractivity contribution in [1.29, 1.82) is 15.8 Å². The molecule has 484 valence electrons. The SMILES string of the molecule is CC(C)(C)Cn1c(Cn2nnc(-c3ccc(CCl)cc3)n2)cc2cnc(C#N)nc21.CC(C)(C)Cn1c(Cn2nnc(-c3ccc(CN4CCCCC4)cc3)n2)cc2cnc(C#N)nc21.CC(C)(C)Cn1c(Cn2nnc(-c3ccc(CO)cc3)n2)cc2cnc(C#N)nc21. The average Bonchev–Trinajstić information content (AvgIpc) is 1.67. The molecule has 1 saturated heterocycles. The summed E-state index contributed by atoms with van der Waals surface area (Å²) in [7, 11) is 0. The zero-order valence-electron chi connectivity index (χ0n) is 54.8. The van der Waals surface area contributed by atoms with Gasteiger partial charge in [0, 0.05) is 101 Å². The number of aliphatic hydroxyl groups excluding tert-OH is 1. The third kappa shape index (κ3) is 16.6. The number of aliphatic hydroxyl groups is 1. The van der Waals surface area contributed by atoms with Crippen LogP contribution in [0, 0.1) is 50.2 Å². The minimum Gasteiger partial charge on any atom is -0.392 e. The van der Waals surface area contributed by atoms with Gasteiger partial charge in [-0.2, -0.15) is 30.2 Å². The summed E-state index contributed by atoms with van der Waals surface area (Å²) in [5, 5.41) is 78.5. The lowest BCUT2D eigenvalue weighted by molar-refractivity contribution is 0.221. The summed E-state index contributed by atoms with van der Waals surface area (Å²) < 4.78 is 6.34. The van der Waals surface area contributed by atoms with Crippen LogP contribution in [0.15, 0.2) is 110 Å². The zero-order chi connectivity index (χ0) is 67.0. The van der Waals surface area contributed by atoms with Crippen LogP contribution < -0.4 is 0 Å².